The Morgan fingerprint density at radius 3 is 2.68 bits per heavy atom. The number of anilines is 1. The van der Waals surface area contributed by atoms with Crippen LogP contribution in [-0.4, -0.2) is 25.4 Å². The molecule has 1 N–H and O–H groups in total. The van der Waals surface area contributed by atoms with E-state index in [4.69, 9.17) is 21.6 Å². The maximum atomic E-state index is 12.8. The van der Waals surface area contributed by atoms with Crippen molar-refractivity contribution in [3.8, 4) is 0 Å². The third-order valence-electron chi connectivity index (χ3n) is 5.57. The summed E-state index contributed by atoms with van der Waals surface area (Å²) in [5, 5.41) is 14.5. The van der Waals surface area contributed by atoms with E-state index in [9.17, 15) is 14.9 Å². The van der Waals surface area contributed by atoms with Crippen LogP contribution in [0.2, 0.25) is 5.02 Å². The SMILES string of the molecule is CCCCc1nc2cc(NC(=O)c3ccccc3Cl)c(C)nc2n1Cc1cccc([N+](=O)[O-])c1. The highest BCUT2D eigenvalue weighted by molar-refractivity contribution is 6.34. The molecule has 0 radical (unpaired) electrons. The van der Waals surface area contributed by atoms with Gasteiger partial charge >= 0.3 is 0 Å². The number of amides is 1. The van der Waals surface area contributed by atoms with Gasteiger partial charge in [-0.25, -0.2) is 9.97 Å². The van der Waals surface area contributed by atoms with Crippen LogP contribution in [0.3, 0.4) is 0 Å². The summed E-state index contributed by atoms with van der Waals surface area (Å²) in [6.45, 7) is 4.34. The minimum Gasteiger partial charge on any atom is -0.320 e. The molecule has 2 aromatic carbocycles. The number of carbonyl (C=O) groups excluding carboxylic acids is 1. The van der Waals surface area contributed by atoms with Gasteiger partial charge in [0.1, 0.15) is 11.3 Å². The van der Waals surface area contributed by atoms with Crippen molar-refractivity contribution in [1.82, 2.24) is 14.5 Å². The molecule has 0 bridgehead atoms. The number of nitrogens with zero attached hydrogens (tertiary/aromatic N) is 4. The molecule has 0 aliphatic rings. The molecule has 4 aromatic rings. The van der Waals surface area contributed by atoms with Crippen LogP contribution < -0.4 is 5.32 Å². The van der Waals surface area contributed by atoms with Crippen LogP contribution in [-0.2, 0) is 13.0 Å². The number of benzene rings is 2. The van der Waals surface area contributed by atoms with Gasteiger partial charge in [-0.15, -0.1) is 0 Å². The molecule has 0 unspecified atom stereocenters. The van der Waals surface area contributed by atoms with Crippen LogP contribution in [0.4, 0.5) is 11.4 Å². The van der Waals surface area contributed by atoms with Crippen molar-refractivity contribution >= 4 is 40.0 Å². The number of nitrogens with one attached hydrogen (secondary N) is 1. The minimum atomic E-state index is -0.399. The summed E-state index contributed by atoms with van der Waals surface area (Å²) in [7, 11) is 0. The summed E-state index contributed by atoms with van der Waals surface area (Å²) in [5.41, 5.74) is 3.73. The Balaban J connectivity index is 1.72. The fourth-order valence-electron chi connectivity index (χ4n) is 3.79. The lowest BCUT2D eigenvalue weighted by Crippen LogP contribution is -2.14. The number of nitro groups is 1. The molecule has 0 saturated carbocycles. The molecule has 1 amide bonds. The monoisotopic (exact) mass is 477 g/mol. The van der Waals surface area contributed by atoms with Gasteiger partial charge < -0.3 is 9.88 Å². The first-order valence-electron chi connectivity index (χ1n) is 11.0. The minimum absolute atomic E-state index is 0.0470. The first kappa shape index (κ1) is 23.4. The van der Waals surface area contributed by atoms with E-state index in [1.807, 2.05) is 23.6 Å². The first-order valence-corrected chi connectivity index (χ1v) is 11.4. The molecule has 0 aliphatic carbocycles. The number of aromatic nitrogens is 3. The largest absolute Gasteiger partial charge is 0.320 e. The molecule has 2 heterocycles. The molecular weight excluding hydrogens is 454 g/mol. The molecule has 8 nitrogen and oxygen atoms in total. The second kappa shape index (κ2) is 10.0. The molecule has 2 aromatic heterocycles. The van der Waals surface area contributed by atoms with Gasteiger partial charge in [-0.1, -0.05) is 49.2 Å². The number of rotatable bonds is 8. The lowest BCUT2D eigenvalue weighted by Gasteiger charge is -2.11. The molecular formula is C25H24ClN5O3. The maximum Gasteiger partial charge on any atom is 0.269 e. The summed E-state index contributed by atoms with van der Waals surface area (Å²) in [6.07, 6.45) is 2.71. The molecule has 174 valence electrons. The topological polar surface area (TPSA) is 103 Å². The van der Waals surface area contributed by atoms with E-state index >= 15 is 0 Å². The van der Waals surface area contributed by atoms with Crippen LogP contribution in [0.15, 0.2) is 54.6 Å². The van der Waals surface area contributed by atoms with Gasteiger partial charge in [-0.05, 0) is 37.1 Å². The van der Waals surface area contributed by atoms with Crippen LogP contribution in [0.1, 0.15) is 47.2 Å². The van der Waals surface area contributed by atoms with Crippen LogP contribution >= 0.6 is 11.6 Å². The van der Waals surface area contributed by atoms with Gasteiger partial charge in [0, 0.05) is 18.6 Å². The van der Waals surface area contributed by atoms with Crippen molar-refractivity contribution in [3.63, 3.8) is 0 Å². The Bertz CT molecular complexity index is 1380. The van der Waals surface area contributed by atoms with E-state index < -0.39 is 4.92 Å². The number of aryl methyl sites for hydroxylation is 2. The number of fused-ring (bicyclic) bond motifs is 1. The van der Waals surface area contributed by atoms with E-state index in [2.05, 4.69) is 12.2 Å². The highest BCUT2D eigenvalue weighted by Gasteiger charge is 2.18. The van der Waals surface area contributed by atoms with Gasteiger partial charge in [-0.3, -0.25) is 14.9 Å². The third kappa shape index (κ3) is 4.92. The number of halogens is 1. The predicted octanol–water partition coefficient (Wildman–Crippen LogP) is 5.94. The number of non-ortho nitro benzene ring substituents is 1. The standard InChI is InChI=1S/C25H24ClN5O3/c1-3-4-12-23-28-22-14-21(29-25(32)19-10-5-6-11-20(19)26)16(2)27-24(22)30(23)15-17-8-7-9-18(13-17)31(33)34/h5-11,13-14H,3-4,12,15H2,1-2H3,(H,29,32). The van der Waals surface area contributed by atoms with E-state index in [1.165, 1.54) is 6.07 Å². The summed E-state index contributed by atoms with van der Waals surface area (Å²) in [6, 6.07) is 15.2. The number of unbranched alkanes of at least 4 members (excludes halogenated alkanes) is 1. The van der Waals surface area contributed by atoms with Gasteiger partial charge in [0.2, 0.25) is 0 Å². The molecule has 0 spiro atoms. The Kier molecular flexibility index (Phi) is 6.88. The average molecular weight is 478 g/mol. The normalized spacial score (nSPS) is 11.0. The number of nitro benzene ring substituents is 1. The molecule has 0 aliphatic heterocycles. The molecule has 4 rings (SSSR count). The number of carbonyl (C=O) groups is 1. The Morgan fingerprint density at radius 1 is 1.15 bits per heavy atom. The maximum absolute atomic E-state index is 12.8. The van der Waals surface area contributed by atoms with Crippen molar-refractivity contribution < 1.29 is 9.72 Å². The van der Waals surface area contributed by atoms with Crippen LogP contribution in [0.25, 0.3) is 11.2 Å². The molecule has 0 fully saturated rings. The highest BCUT2D eigenvalue weighted by Crippen LogP contribution is 2.25. The van der Waals surface area contributed by atoms with Crippen LogP contribution in [0, 0.1) is 17.0 Å². The smallest absolute Gasteiger partial charge is 0.269 e. The lowest BCUT2D eigenvalue weighted by atomic mass is 10.2. The molecule has 9 heteroatoms. The predicted molar refractivity (Wildman–Crippen MR) is 132 cm³/mol. The number of hydrogen-bond donors (Lipinski definition) is 1. The molecule has 34 heavy (non-hydrogen) atoms. The van der Waals surface area contributed by atoms with Gasteiger partial charge in [0.05, 0.1) is 33.4 Å². The zero-order valence-corrected chi connectivity index (χ0v) is 19.7. The second-order valence-electron chi connectivity index (χ2n) is 8.04. The Labute approximate surface area is 201 Å². The van der Waals surface area contributed by atoms with Gasteiger partial charge in [0.15, 0.2) is 5.65 Å². The van der Waals surface area contributed by atoms with Crippen LogP contribution in [0.5, 0.6) is 0 Å². The molecule has 0 atom stereocenters. The van der Waals surface area contributed by atoms with Crippen molar-refractivity contribution in [2.75, 3.05) is 5.32 Å². The number of imidazole rings is 1. The quantitative estimate of drug-likeness (QED) is 0.249. The summed E-state index contributed by atoms with van der Waals surface area (Å²) < 4.78 is 2.00. The second-order valence-corrected chi connectivity index (χ2v) is 8.45. The number of pyridine rings is 1. The Hall–Kier alpha value is -3.78. The van der Waals surface area contributed by atoms with Crippen molar-refractivity contribution in [2.45, 2.75) is 39.7 Å². The molecule has 0 saturated heterocycles. The van der Waals surface area contributed by atoms with E-state index in [1.54, 1.807) is 36.4 Å². The highest BCUT2D eigenvalue weighted by atomic mass is 35.5. The van der Waals surface area contributed by atoms with Crippen molar-refractivity contribution in [1.29, 1.82) is 0 Å². The fraction of sp³-hybridized carbons (Fsp3) is 0.240. The average Bonchev–Trinajstić information content (AvgIpc) is 3.14. The van der Waals surface area contributed by atoms with E-state index in [0.29, 0.717) is 39.7 Å². The van der Waals surface area contributed by atoms with E-state index in [-0.39, 0.29) is 11.6 Å². The van der Waals surface area contributed by atoms with Crippen molar-refractivity contribution in [3.05, 3.63) is 92.4 Å². The summed E-state index contributed by atoms with van der Waals surface area (Å²) >= 11 is 6.17. The first-order chi connectivity index (χ1) is 16.4. The lowest BCUT2D eigenvalue weighted by molar-refractivity contribution is -0.384. The Morgan fingerprint density at radius 2 is 1.94 bits per heavy atom. The van der Waals surface area contributed by atoms with E-state index in [0.717, 1.165) is 30.7 Å². The summed E-state index contributed by atoms with van der Waals surface area (Å²) in [4.78, 5) is 33.1. The zero-order chi connectivity index (χ0) is 24.2. The fourth-order valence-corrected chi connectivity index (χ4v) is 4.01. The zero-order valence-electron chi connectivity index (χ0n) is 18.9. The summed E-state index contributed by atoms with van der Waals surface area (Å²) in [5.74, 6) is 0.530. The van der Waals surface area contributed by atoms with Gasteiger partial charge in [-0.2, -0.15) is 0 Å². The van der Waals surface area contributed by atoms with Gasteiger partial charge in [0.25, 0.3) is 11.6 Å². The third-order valence-corrected chi connectivity index (χ3v) is 5.90. The van der Waals surface area contributed by atoms with Crippen molar-refractivity contribution in [2.24, 2.45) is 0 Å². The number of hydrogen-bond acceptors (Lipinski definition) is 5.